The molecule has 5 rings (SSSR count). The number of hydrogen-bond acceptors (Lipinski definition) is 1. The van der Waals surface area contributed by atoms with Gasteiger partial charge in [0.25, 0.3) is 0 Å². The number of allylic oxidation sites excluding steroid dienone is 4. The highest BCUT2D eigenvalue weighted by molar-refractivity contribution is 6.76. The van der Waals surface area contributed by atoms with Crippen molar-refractivity contribution < 1.29 is 4.74 Å². The highest BCUT2D eigenvalue weighted by Gasteiger charge is 2.23. The van der Waals surface area contributed by atoms with Crippen LogP contribution in [0.2, 0.25) is 25.7 Å². The summed E-state index contributed by atoms with van der Waals surface area (Å²) in [6.07, 6.45) is 14.3. The predicted octanol–water partition coefficient (Wildman–Crippen LogP) is 6.54. The van der Waals surface area contributed by atoms with Crippen molar-refractivity contribution in [3.05, 3.63) is 92.9 Å². The Bertz CT molecular complexity index is 1250. The molecular formula is C31H36OSi. The van der Waals surface area contributed by atoms with E-state index in [4.69, 9.17) is 4.74 Å². The second-order valence-electron chi connectivity index (χ2n) is 11.1. The lowest BCUT2D eigenvalue weighted by Crippen LogP contribution is -2.35. The van der Waals surface area contributed by atoms with Crippen molar-refractivity contribution in [2.75, 3.05) is 13.2 Å². The van der Waals surface area contributed by atoms with Crippen LogP contribution in [-0.4, -0.2) is 21.3 Å². The third-order valence-electron chi connectivity index (χ3n) is 7.36. The fourth-order valence-corrected chi connectivity index (χ4v) is 6.03. The highest BCUT2D eigenvalue weighted by atomic mass is 28.3. The first kappa shape index (κ1) is 22.4. The average Bonchev–Trinajstić information content (AvgIpc) is 2.81. The van der Waals surface area contributed by atoms with E-state index in [0.717, 1.165) is 26.1 Å². The Kier molecular flexibility index (Phi) is 6.16. The lowest BCUT2D eigenvalue weighted by Gasteiger charge is -2.27. The van der Waals surface area contributed by atoms with Crippen LogP contribution in [0.3, 0.4) is 0 Å². The zero-order chi connectivity index (χ0) is 23.0. The quantitative estimate of drug-likeness (QED) is 0.357. The third kappa shape index (κ3) is 4.78. The van der Waals surface area contributed by atoms with Gasteiger partial charge in [-0.2, -0.15) is 0 Å². The maximum absolute atomic E-state index is 6.15. The summed E-state index contributed by atoms with van der Waals surface area (Å²) < 4.78 is 6.15. The summed E-state index contributed by atoms with van der Waals surface area (Å²) in [5.74, 6) is 0.867. The summed E-state index contributed by atoms with van der Waals surface area (Å²) in [5.41, 5.74) is 8.61. The minimum Gasteiger partial charge on any atom is -0.381 e. The molecule has 1 nitrogen and oxygen atoms in total. The van der Waals surface area contributed by atoms with Gasteiger partial charge in [-0.15, -0.1) is 0 Å². The summed E-state index contributed by atoms with van der Waals surface area (Å²) in [7, 11) is -1.05. The third-order valence-corrected chi connectivity index (χ3v) is 9.07. The molecule has 0 radical (unpaired) electrons. The maximum atomic E-state index is 6.15. The van der Waals surface area contributed by atoms with Crippen molar-refractivity contribution in [1.29, 1.82) is 0 Å². The zero-order valence-corrected chi connectivity index (χ0v) is 21.5. The van der Waals surface area contributed by atoms with Crippen molar-refractivity contribution in [3.8, 4) is 0 Å². The fourth-order valence-electron chi connectivity index (χ4n) is 5.27. The summed E-state index contributed by atoms with van der Waals surface area (Å²) >= 11 is 0. The molecule has 3 aliphatic carbocycles. The summed E-state index contributed by atoms with van der Waals surface area (Å²) in [6, 6.07) is 16.8. The number of fused-ring (bicyclic) bond motifs is 4. The Hall–Kier alpha value is -2.42. The molecule has 33 heavy (non-hydrogen) atoms. The molecule has 170 valence electrons. The van der Waals surface area contributed by atoms with Crippen LogP contribution in [0.25, 0.3) is 23.8 Å². The predicted molar refractivity (Wildman–Crippen MR) is 145 cm³/mol. The van der Waals surface area contributed by atoms with Crippen LogP contribution in [0.1, 0.15) is 42.4 Å². The number of rotatable bonds is 6. The van der Waals surface area contributed by atoms with Crippen molar-refractivity contribution in [2.24, 2.45) is 5.92 Å². The van der Waals surface area contributed by atoms with Gasteiger partial charge < -0.3 is 4.74 Å². The molecule has 2 heteroatoms. The topological polar surface area (TPSA) is 9.23 Å². The highest BCUT2D eigenvalue weighted by Crippen LogP contribution is 2.37. The molecule has 0 N–H and O–H groups in total. The van der Waals surface area contributed by atoms with E-state index in [0.29, 0.717) is 11.8 Å². The van der Waals surface area contributed by atoms with Crippen LogP contribution in [0, 0.1) is 5.92 Å². The van der Waals surface area contributed by atoms with Crippen molar-refractivity contribution in [2.45, 2.75) is 51.4 Å². The first-order valence-electron chi connectivity index (χ1n) is 12.5. The second-order valence-corrected chi connectivity index (χ2v) is 16.7. The van der Waals surface area contributed by atoms with Crippen molar-refractivity contribution in [3.63, 3.8) is 0 Å². The number of hydrogen-bond donors (Lipinski definition) is 0. The van der Waals surface area contributed by atoms with E-state index >= 15 is 0 Å². The van der Waals surface area contributed by atoms with Gasteiger partial charge in [0.2, 0.25) is 0 Å². The van der Waals surface area contributed by atoms with E-state index in [1.165, 1.54) is 44.3 Å². The monoisotopic (exact) mass is 452 g/mol. The summed E-state index contributed by atoms with van der Waals surface area (Å²) in [5, 5.41) is 2.83. The van der Waals surface area contributed by atoms with Gasteiger partial charge in [-0.3, -0.25) is 0 Å². The second kappa shape index (κ2) is 9.08. The van der Waals surface area contributed by atoms with Gasteiger partial charge in [-0.05, 0) is 58.5 Å². The van der Waals surface area contributed by atoms with Gasteiger partial charge in [0.05, 0.1) is 6.61 Å². The van der Waals surface area contributed by atoms with E-state index in [1.807, 2.05) is 0 Å². The molecule has 0 saturated heterocycles. The summed E-state index contributed by atoms with van der Waals surface area (Å²) in [4.78, 5) is 0. The Morgan fingerprint density at radius 1 is 1.00 bits per heavy atom. The smallest absolute Gasteiger partial charge is 0.0566 e. The van der Waals surface area contributed by atoms with Crippen LogP contribution in [0.15, 0.2) is 65.8 Å². The molecule has 2 atom stereocenters. The van der Waals surface area contributed by atoms with E-state index in [2.05, 4.69) is 99.4 Å². The lowest BCUT2D eigenvalue weighted by molar-refractivity contribution is 0.136. The van der Waals surface area contributed by atoms with Gasteiger partial charge >= 0.3 is 0 Å². The molecule has 0 aromatic heterocycles. The Morgan fingerprint density at radius 2 is 1.82 bits per heavy atom. The van der Waals surface area contributed by atoms with E-state index in [-0.39, 0.29) is 0 Å². The first-order chi connectivity index (χ1) is 15.9. The Balaban J connectivity index is 1.41. The van der Waals surface area contributed by atoms with Crippen LogP contribution in [-0.2, 0) is 4.74 Å². The molecule has 0 aliphatic heterocycles. The lowest BCUT2D eigenvalue weighted by atomic mass is 9.78. The SMILES string of the molecule is CC1=Cc2ccc3c(c2=CC1COCC[Si](C)(C)C)=CCC1=C3C=C[C@@H](c2ccccc2)C1. The largest absolute Gasteiger partial charge is 0.381 e. The molecule has 2 aromatic rings. The molecule has 1 unspecified atom stereocenters. The standard InChI is InChI=1S/C31H36OSi/c1-22-18-25-11-14-29-28-13-10-24(23-8-6-5-7-9-23)19-26(28)12-15-30(29)31(25)20-27(22)21-32-16-17-33(2,3)4/h5-11,13-15,18,20,24,27H,12,16-17,19,21H2,1-4H3/t24-,27?/m1/s1. The molecule has 0 amide bonds. The number of benzene rings is 2. The van der Waals surface area contributed by atoms with E-state index in [9.17, 15) is 0 Å². The summed E-state index contributed by atoms with van der Waals surface area (Å²) in [6.45, 7) is 11.2. The maximum Gasteiger partial charge on any atom is 0.0566 e. The molecule has 0 fully saturated rings. The van der Waals surface area contributed by atoms with E-state index in [1.54, 1.807) is 5.57 Å². The molecule has 2 aromatic carbocycles. The molecule has 0 bridgehead atoms. The van der Waals surface area contributed by atoms with Crippen LogP contribution in [0.4, 0.5) is 0 Å². The van der Waals surface area contributed by atoms with Gasteiger partial charge in [0.15, 0.2) is 0 Å². The minimum atomic E-state index is -1.05. The molecule has 3 aliphatic rings. The van der Waals surface area contributed by atoms with Gasteiger partial charge in [0.1, 0.15) is 0 Å². The Morgan fingerprint density at radius 3 is 2.61 bits per heavy atom. The average molecular weight is 453 g/mol. The molecular weight excluding hydrogens is 416 g/mol. The molecule has 0 saturated carbocycles. The van der Waals surface area contributed by atoms with Crippen molar-refractivity contribution >= 4 is 31.9 Å². The number of ether oxygens (including phenoxy) is 1. The van der Waals surface area contributed by atoms with Crippen LogP contribution in [0.5, 0.6) is 0 Å². The van der Waals surface area contributed by atoms with Crippen LogP contribution < -0.4 is 10.4 Å². The van der Waals surface area contributed by atoms with Crippen molar-refractivity contribution in [1.82, 2.24) is 0 Å². The normalized spacial score (nSPS) is 21.4. The van der Waals surface area contributed by atoms with Gasteiger partial charge in [-0.1, -0.05) is 104 Å². The minimum absolute atomic E-state index is 0.374. The van der Waals surface area contributed by atoms with Crippen LogP contribution >= 0.6 is 0 Å². The zero-order valence-electron chi connectivity index (χ0n) is 20.5. The fraction of sp³-hybridized carbons (Fsp3) is 0.355. The van der Waals surface area contributed by atoms with Gasteiger partial charge in [0, 0.05) is 26.5 Å². The van der Waals surface area contributed by atoms with Gasteiger partial charge in [-0.25, -0.2) is 0 Å². The molecule has 0 spiro atoms. The molecule has 0 heterocycles. The Labute approximate surface area is 199 Å². The van der Waals surface area contributed by atoms with E-state index < -0.39 is 8.07 Å². The first-order valence-corrected chi connectivity index (χ1v) is 16.2.